The summed E-state index contributed by atoms with van der Waals surface area (Å²) in [5.74, 6) is -0.429. The van der Waals surface area contributed by atoms with Crippen LogP contribution in [0.5, 0.6) is 0 Å². The number of ether oxygens (including phenoxy) is 1. The molecule has 0 saturated heterocycles. The Bertz CT molecular complexity index is 429. The van der Waals surface area contributed by atoms with Gasteiger partial charge in [-0.15, -0.1) is 0 Å². The van der Waals surface area contributed by atoms with Crippen molar-refractivity contribution in [3.63, 3.8) is 0 Å². The molecule has 0 saturated carbocycles. The first-order chi connectivity index (χ1) is 9.08. The Morgan fingerprint density at radius 2 is 2.16 bits per heavy atom. The molecule has 0 aliphatic rings. The second-order valence-electron chi connectivity index (χ2n) is 4.28. The van der Waals surface area contributed by atoms with Crippen molar-refractivity contribution in [1.82, 2.24) is 15.6 Å². The van der Waals surface area contributed by atoms with Gasteiger partial charge >= 0.3 is 5.97 Å². The van der Waals surface area contributed by atoms with E-state index < -0.39 is 5.97 Å². The molecule has 1 heterocycles. The van der Waals surface area contributed by atoms with Crippen LogP contribution in [-0.2, 0) is 16.1 Å². The number of rotatable bonds is 7. The fourth-order valence-electron chi connectivity index (χ4n) is 1.53. The zero-order valence-corrected chi connectivity index (χ0v) is 11.6. The van der Waals surface area contributed by atoms with Gasteiger partial charge < -0.3 is 20.4 Å². The van der Waals surface area contributed by atoms with Gasteiger partial charge in [-0.1, -0.05) is 6.92 Å². The number of hydrogen-bond donors (Lipinski definition) is 3. The van der Waals surface area contributed by atoms with E-state index in [9.17, 15) is 9.59 Å². The van der Waals surface area contributed by atoms with Crippen LogP contribution in [0, 0.1) is 0 Å². The smallest absolute Gasteiger partial charge is 0.354 e. The predicted molar refractivity (Wildman–Crippen MR) is 71.7 cm³/mol. The van der Waals surface area contributed by atoms with E-state index in [0.717, 1.165) is 12.1 Å². The van der Waals surface area contributed by atoms with E-state index in [1.54, 1.807) is 19.1 Å². The highest BCUT2D eigenvalue weighted by Gasteiger charge is 2.12. The van der Waals surface area contributed by atoms with Crippen molar-refractivity contribution in [2.45, 2.75) is 32.9 Å². The molecule has 0 spiro atoms. The fourth-order valence-corrected chi connectivity index (χ4v) is 1.53. The molecule has 6 heteroatoms. The highest BCUT2D eigenvalue weighted by Crippen LogP contribution is 2.03. The summed E-state index contributed by atoms with van der Waals surface area (Å²) in [5, 5.41) is 5.90. The van der Waals surface area contributed by atoms with Gasteiger partial charge in [-0.05, 0) is 25.5 Å². The molecule has 1 atom stereocenters. The van der Waals surface area contributed by atoms with Gasteiger partial charge in [0.05, 0.1) is 13.2 Å². The topological polar surface area (TPSA) is 83.2 Å². The molecule has 1 aromatic heterocycles. The zero-order valence-electron chi connectivity index (χ0n) is 11.6. The molecular weight excluding hydrogens is 246 g/mol. The monoisotopic (exact) mass is 267 g/mol. The van der Waals surface area contributed by atoms with E-state index in [2.05, 4.69) is 20.4 Å². The molecule has 0 fully saturated rings. The van der Waals surface area contributed by atoms with Crippen LogP contribution in [-0.4, -0.2) is 36.6 Å². The number of aromatic amines is 1. The van der Waals surface area contributed by atoms with Gasteiger partial charge in [0.25, 0.3) is 0 Å². The van der Waals surface area contributed by atoms with Gasteiger partial charge in [0, 0.05) is 18.8 Å². The van der Waals surface area contributed by atoms with Crippen LogP contribution in [0.4, 0.5) is 0 Å². The SMILES string of the molecule is CCCNC(=O)C(C)NCc1ccc(C(=O)OC)[nH]1. The van der Waals surface area contributed by atoms with Gasteiger partial charge in [-0.2, -0.15) is 0 Å². The summed E-state index contributed by atoms with van der Waals surface area (Å²) in [7, 11) is 1.33. The quantitative estimate of drug-likeness (QED) is 0.638. The minimum atomic E-state index is -0.403. The van der Waals surface area contributed by atoms with Crippen LogP contribution in [0.1, 0.15) is 36.5 Å². The molecule has 0 aliphatic carbocycles. The highest BCUT2D eigenvalue weighted by atomic mass is 16.5. The van der Waals surface area contributed by atoms with Crippen LogP contribution in [0.3, 0.4) is 0 Å². The molecular formula is C13H21N3O3. The Hall–Kier alpha value is -1.82. The zero-order chi connectivity index (χ0) is 14.3. The first-order valence-corrected chi connectivity index (χ1v) is 6.35. The first-order valence-electron chi connectivity index (χ1n) is 6.35. The largest absolute Gasteiger partial charge is 0.464 e. The van der Waals surface area contributed by atoms with Gasteiger partial charge in [0.2, 0.25) is 5.91 Å². The number of methoxy groups -OCH3 is 1. The third kappa shape index (κ3) is 4.75. The molecule has 19 heavy (non-hydrogen) atoms. The molecule has 1 amide bonds. The van der Waals surface area contributed by atoms with Gasteiger partial charge in [-0.25, -0.2) is 4.79 Å². The number of hydrogen-bond acceptors (Lipinski definition) is 4. The summed E-state index contributed by atoms with van der Waals surface area (Å²) < 4.78 is 4.60. The van der Waals surface area contributed by atoms with Gasteiger partial charge in [0.15, 0.2) is 0 Å². The molecule has 6 nitrogen and oxygen atoms in total. The number of carbonyl (C=O) groups excluding carboxylic acids is 2. The molecule has 0 bridgehead atoms. The summed E-state index contributed by atoms with van der Waals surface area (Å²) in [5.41, 5.74) is 1.23. The van der Waals surface area contributed by atoms with Crippen LogP contribution in [0.15, 0.2) is 12.1 Å². The lowest BCUT2D eigenvalue weighted by Crippen LogP contribution is -2.42. The van der Waals surface area contributed by atoms with Crippen LogP contribution in [0.25, 0.3) is 0 Å². The summed E-state index contributed by atoms with van der Waals surface area (Å²) in [6.45, 7) is 4.97. The second kappa shape index (κ2) is 7.58. The van der Waals surface area contributed by atoms with Crippen molar-refractivity contribution < 1.29 is 14.3 Å². The Morgan fingerprint density at radius 1 is 1.42 bits per heavy atom. The second-order valence-corrected chi connectivity index (χ2v) is 4.28. The van der Waals surface area contributed by atoms with E-state index in [1.807, 2.05) is 6.92 Å². The number of aromatic nitrogens is 1. The van der Waals surface area contributed by atoms with Crippen molar-refractivity contribution in [3.8, 4) is 0 Å². The molecule has 1 rings (SSSR count). The average molecular weight is 267 g/mol. The Balaban J connectivity index is 2.41. The van der Waals surface area contributed by atoms with Gasteiger partial charge in [0.1, 0.15) is 5.69 Å². The number of amides is 1. The predicted octanol–water partition coefficient (Wildman–Crippen LogP) is 0.806. The number of H-pyrrole nitrogens is 1. The average Bonchev–Trinajstić information content (AvgIpc) is 2.89. The van der Waals surface area contributed by atoms with Crippen LogP contribution in [0.2, 0.25) is 0 Å². The van der Waals surface area contributed by atoms with E-state index in [0.29, 0.717) is 18.8 Å². The van der Waals surface area contributed by atoms with Crippen molar-refractivity contribution in [2.24, 2.45) is 0 Å². The molecule has 106 valence electrons. The summed E-state index contributed by atoms with van der Waals surface area (Å²) >= 11 is 0. The summed E-state index contributed by atoms with van der Waals surface area (Å²) in [4.78, 5) is 25.8. The van der Waals surface area contributed by atoms with E-state index in [1.165, 1.54) is 7.11 Å². The van der Waals surface area contributed by atoms with Crippen LogP contribution < -0.4 is 10.6 Å². The number of nitrogens with one attached hydrogen (secondary N) is 3. The lowest BCUT2D eigenvalue weighted by atomic mass is 10.3. The third-order valence-corrected chi connectivity index (χ3v) is 2.69. The molecule has 3 N–H and O–H groups in total. The lowest BCUT2D eigenvalue weighted by Gasteiger charge is -2.13. The maximum absolute atomic E-state index is 11.6. The summed E-state index contributed by atoms with van der Waals surface area (Å²) in [6.07, 6.45) is 0.914. The third-order valence-electron chi connectivity index (χ3n) is 2.69. The van der Waals surface area contributed by atoms with Crippen molar-refractivity contribution in [1.29, 1.82) is 0 Å². The fraction of sp³-hybridized carbons (Fsp3) is 0.538. The van der Waals surface area contributed by atoms with E-state index in [-0.39, 0.29) is 11.9 Å². The molecule has 1 aromatic rings. The molecule has 0 radical (unpaired) electrons. The maximum Gasteiger partial charge on any atom is 0.354 e. The summed E-state index contributed by atoms with van der Waals surface area (Å²) in [6, 6.07) is 3.16. The Labute approximate surface area is 112 Å². The standard InChI is InChI=1S/C13H21N3O3/c1-4-7-14-12(17)9(2)15-8-10-5-6-11(16-10)13(18)19-3/h5-6,9,15-16H,4,7-8H2,1-3H3,(H,14,17). The van der Waals surface area contributed by atoms with Crippen LogP contribution >= 0.6 is 0 Å². The van der Waals surface area contributed by atoms with E-state index in [4.69, 9.17) is 0 Å². The Kier molecular flexibility index (Phi) is 6.08. The molecule has 0 aliphatic heterocycles. The first kappa shape index (κ1) is 15.2. The maximum atomic E-state index is 11.6. The number of carbonyl (C=O) groups is 2. The number of esters is 1. The minimum absolute atomic E-state index is 0.0263. The highest BCUT2D eigenvalue weighted by molar-refractivity contribution is 5.87. The Morgan fingerprint density at radius 3 is 2.79 bits per heavy atom. The molecule has 0 aromatic carbocycles. The van der Waals surface area contributed by atoms with Gasteiger partial charge in [-0.3, -0.25) is 4.79 Å². The molecule has 1 unspecified atom stereocenters. The normalized spacial score (nSPS) is 11.9. The minimum Gasteiger partial charge on any atom is -0.464 e. The van der Waals surface area contributed by atoms with Crippen molar-refractivity contribution in [3.05, 3.63) is 23.5 Å². The lowest BCUT2D eigenvalue weighted by molar-refractivity contribution is -0.122. The van der Waals surface area contributed by atoms with Crippen molar-refractivity contribution >= 4 is 11.9 Å². The van der Waals surface area contributed by atoms with Crippen molar-refractivity contribution in [2.75, 3.05) is 13.7 Å². The van der Waals surface area contributed by atoms with E-state index >= 15 is 0 Å².